The van der Waals surface area contributed by atoms with Crippen molar-refractivity contribution < 1.29 is 13.6 Å². The standard InChI is InChI=1S/C24H22F2N6O2S/c25-18-3-1-17(2-4-18)15-31-13-14-32-22(23(31)34)27-28-24(32)35-16-21(33)30-11-9-29(10-12-30)20-7-5-19(26)6-8-20/h1-8,13-14H,9-12,15-16H2. The molecular formula is C24H22F2N6O2S. The van der Waals surface area contributed by atoms with E-state index in [4.69, 9.17) is 0 Å². The Morgan fingerprint density at radius 1 is 0.886 bits per heavy atom. The Bertz CT molecular complexity index is 1400. The second kappa shape index (κ2) is 9.87. The maximum Gasteiger partial charge on any atom is 0.296 e. The van der Waals surface area contributed by atoms with Gasteiger partial charge < -0.3 is 14.4 Å². The molecule has 0 atom stereocenters. The topological polar surface area (TPSA) is 75.7 Å². The van der Waals surface area contributed by atoms with Gasteiger partial charge in [-0.1, -0.05) is 23.9 Å². The summed E-state index contributed by atoms with van der Waals surface area (Å²) < 4.78 is 29.3. The lowest BCUT2D eigenvalue weighted by Gasteiger charge is -2.36. The Kier molecular flexibility index (Phi) is 6.49. The normalized spacial score (nSPS) is 14.0. The molecule has 11 heteroatoms. The van der Waals surface area contributed by atoms with Crippen LogP contribution in [0.1, 0.15) is 5.56 Å². The van der Waals surface area contributed by atoms with E-state index in [9.17, 15) is 18.4 Å². The largest absolute Gasteiger partial charge is 0.368 e. The SMILES string of the molecule is O=C(CSc1nnc2c(=O)n(Cc3ccc(F)cc3)ccn12)N1CCN(c2ccc(F)cc2)CC1. The molecule has 0 bridgehead atoms. The number of hydrogen-bond acceptors (Lipinski definition) is 6. The number of rotatable bonds is 6. The fourth-order valence-electron chi connectivity index (χ4n) is 3.99. The van der Waals surface area contributed by atoms with Gasteiger partial charge in [-0.05, 0) is 42.0 Å². The van der Waals surface area contributed by atoms with Crippen molar-refractivity contribution >= 4 is 29.0 Å². The van der Waals surface area contributed by atoms with Crippen LogP contribution >= 0.6 is 11.8 Å². The van der Waals surface area contributed by atoms with Gasteiger partial charge in [-0.25, -0.2) is 8.78 Å². The summed E-state index contributed by atoms with van der Waals surface area (Å²) in [7, 11) is 0. The molecule has 0 aliphatic carbocycles. The van der Waals surface area contributed by atoms with Crippen molar-refractivity contribution in [3.8, 4) is 0 Å². The van der Waals surface area contributed by atoms with Crippen LogP contribution in [0, 0.1) is 11.6 Å². The molecule has 3 heterocycles. The Hall–Kier alpha value is -3.73. The Morgan fingerprint density at radius 2 is 1.54 bits per heavy atom. The number of halogens is 2. The van der Waals surface area contributed by atoms with Crippen molar-refractivity contribution in [2.45, 2.75) is 11.7 Å². The monoisotopic (exact) mass is 496 g/mol. The molecule has 1 fully saturated rings. The van der Waals surface area contributed by atoms with Gasteiger partial charge in [-0.2, -0.15) is 0 Å². The molecule has 180 valence electrons. The van der Waals surface area contributed by atoms with E-state index in [1.54, 1.807) is 46.0 Å². The zero-order valence-electron chi connectivity index (χ0n) is 18.7. The minimum atomic E-state index is -0.333. The smallest absolute Gasteiger partial charge is 0.296 e. The van der Waals surface area contributed by atoms with Crippen molar-refractivity contribution in [1.82, 2.24) is 24.1 Å². The van der Waals surface area contributed by atoms with Crippen LogP contribution in [0.4, 0.5) is 14.5 Å². The summed E-state index contributed by atoms with van der Waals surface area (Å²) in [4.78, 5) is 29.5. The highest BCUT2D eigenvalue weighted by atomic mass is 32.2. The first-order chi connectivity index (χ1) is 17.0. The number of piperazine rings is 1. The lowest BCUT2D eigenvalue weighted by molar-refractivity contribution is -0.128. The van der Waals surface area contributed by atoms with Crippen LogP contribution in [-0.2, 0) is 11.3 Å². The summed E-state index contributed by atoms with van der Waals surface area (Å²) in [5.41, 5.74) is 1.57. The van der Waals surface area contributed by atoms with Gasteiger partial charge in [0.25, 0.3) is 5.56 Å². The molecule has 4 aromatic rings. The van der Waals surface area contributed by atoms with Gasteiger partial charge in [-0.15, -0.1) is 10.2 Å². The van der Waals surface area contributed by atoms with Crippen molar-refractivity contribution in [3.63, 3.8) is 0 Å². The predicted molar refractivity (Wildman–Crippen MR) is 129 cm³/mol. The average Bonchev–Trinajstić information content (AvgIpc) is 3.30. The molecule has 0 spiro atoms. The van der Waals surface area contributed by atoms with Crippen LogP contribution in [0.2, 0.25) is 0 Å². The van der Waals surface area contributed by atoms with Gasteiger partial charge in [-0.3, -0.25) is 14.0 Å². The number of nitrogens with zero attached hydrogens (tertiary/aromatic N) is 6. The number of carbonyl (C=O) groups is 1. The quantitative estimate of drug-likeness (QED) is 0.382. The van der Waals surface area contributed by atoms with Crippen LogP contribution in [0.25, 0.3) is 5.65 Å². The number of anilines is 1. The molecule has 1 aliphatic heterocycles. The highest BCUT2D eigenvalue weighted by Gasteiger charge is 2.22. The zero-order chi connectivity index (χ0) is 24.4. The Labute approximate surface area is 203 Å². The zero-order valence-corrected chi connectivity index (χ0v) is 19.5. The molecule has 1 amide bonds. The molecule has 2 aromatic heterocycles. The highest BCUT2D eigenvalue weighted by Crippen LogP contribution is 2.19. The van der Waals surface area contributed by atoms with Gasteiger partial charge in [0.1, 0.15) is 11.6 Å². The fourth-order valence-corrected chi connectivity index (χ4v) is 4.81. The summed E-state index contributed by atoms with van der Waals surface area (Å²) in [5.74, 6) is -0.446. The molecule has 1 aliphatic rings. The average molecular weight is 497 g/mol. The summed E-state index contributed by atoms with van der Waals surface area (Å²) in [5, 5.41) is 8.57. The van der Waals surface area contributed by atoms with Gasteiger partial charge in [0.15, 0.2) is 5.16 Å². The lowest BCUT2D eigenvalue weighted by atomic mass is 10.2. The van der Waals surface area contributed by atoms with E-state index in [2.05, 4.69) is 15.1 Å². The third-order valence-electron chi connectivity index (χ3n) is 5.93. The number of thioether (sulfide) groups is 1. The second-order valence-electron chi connectivity index (χ2n) is 8.17. The summed E-state index contributed by atoms with van der Waals surface area (Å²) in [6, 6.07) is 12.3. The number of hydrogen-bond donors (Lipinski definition) is 0. The van der Waals surface area contributed by atoms with Crippen molar-refractivity contribution in [2.24, 2.45) is 0 Å². The molecule has 0 unspecified atom stereocenters. The maximum absolute atomic E-state index is 13.1. The molecule has 8 nitrogen and oxygen atoms in total. The van der Waals surface area contributed by atoms with Gasteiger partial charge in [0.05, 0.1) is 12.3 Å². The van der Waals surface area contributed by atoms with E-state index in [1.165, 1.54) is 40.6 Å². The van der Waals surface area contributed by atoms with Crippen LogP contribution < -0.4 is 10.5 Å². The molecular weight excluding hydrogens is 474 g/mol. The van der Waals surface area contributed by atoms with Gasteiger partial charge in [0.2, 0.25) is 11.6 Å². The second-order valence-corrected chi connectivity index (χ2v) is 9.11. The van der Waals surface area contributed by atoms with E-state index >= 15 is 0 Å². The minimum Gasteiger partial charge on any atom is -0.368 e. The third kappa shape index (κ3) is 5.04. The highest BCUT2D eigenvalue weighted by molar-refractivity contribution is 7.99. The third-order valence-corrected chi connectivity index (χ3v) is 6.86. The maximum atomic E-state index is 13.1. The van der Waals surface area contributed by atoms with Crippen LogP contribution in [0.15, 0.2) is 70.9 Å². The van der Waals surface area contributed by atoms with E-state index in [1.807, 2.05) is 0 Å². The van der Waals surface area contributed by atoms with Gasteiger partial charge >= 0.3 is 0 Å². The van der Waals surface area contributed by atoms with Crippen molar-refractivity contribution in [3.05, 3.63) is 88.5 Å². The van der Waals surface area contributed by atoms with Crippen LogP contribution in [-0.4, -0.2) is 61.9 Å². The molecule has 35 heavy (non-hydrogen) atoms. The molecule has 0 radical (unpaired) electrons. The predicted octanol–water partition coefficient (Wildman–Crippen LogP) is 2.66. The molecule has 1 saturated heterocycles. The van der Waals surface area contributed by atoms with E-state index in [0.717, 1.165) is 11.3 Å². The van der Waals surface area contributed by atoms with Crippen LogP contribution in [0.5, 0.6) is 0 Å². The van der Waals surface area contributed by atoms with E-state index in [-0.39, 0.29) is 41.0 Å². The molecule has 5 rings (SSSR count). The first-order valence-corrected chi connectivity index (χ1v) is 12.1. The molecule has 0 N–H and O–H groups in total. The first-order valence-electron chi connectivity index (χ1n) is 11.1. The summed E-state index contributed by atoms with van der Waals surface area (Å²) in [6.07, 6.45) is 3.32. The van der Waals surface area contributed by atoms with E-state index < -0.39 is 0 Å². The summed E-state index contributed by atoms with van der Waals surface area (Å²) >= 11 is 1.23. The van der Waals surface area contributed by atoms with Crippen molar-refractivity contribution in [1.29, 1.82) is 0 Å². The van der Waals surface area contributed by atoms with Crippen molar-refractivity contribution in [2.75, 3.05) is 36.8 Å². The number of aromatic nitrogens is 4. The Balaban J connectivity index is 1.19. The number of amides is 1. The summed E-state index contributed by atoms with van der Waals surface area (Å²) in [6.45, 7) is 2.78. The fraction of sp³-hybridized carbons (Fsp3) is 0.250. The van der Waals surface area contributed by atoms with Gasteiger partial charge in [0, 0.05) is 44.3 Å². The number of carbonyl (C=O) groups excluding carboxylic acids is 1. The number of benzene rings is 2. The molecule has 0 saturated carbocycles. The lowest BCUT2D eigenvalue weighted by Crippen LogP contribution is -2.49. The minimum absolute atomic E-state index is 0.0184. The van der Waals surface area contributed by atoms with Crippen LogP contribution in [0.3, 0.4) is 0 Å². The van der Waals surface area contributed by atoms with E-state index in [0.29, 0.717) is 31.3 Å². The molecule has 2 aromatic carbocycles. The first kappa shape index (κ1) is 23.0. The Morgan fingerprint density at radius 3 is 2.23 bits per heavy atom. The number of fused-ring (bicyclic) bond motifs is 1.